The standard InChI is InChI=1S/C26H40N6S2/c1-17(2)27-25(28-18(3)4)31-21-13-9-11-15-23(21)33-34-24-16-12-10-14-22(24)32-26(29-19(5)6)30-20(7)8/h9-20H,1-8H3,(H2,27,28,31)(H2,29,30,32). The van der Waals surface area contributed by atoms with Crippen LogP contribution in [0.15, 0.2) is 68.3 Å². The molecule has 6 nitrogen and oxygen atoms in total. The van der Waals surface area contributed by atoms with E-state index >= 15 is 0 Å². The van der Waals surface area contributed by atoms with Crippen molar-refractivity contribution >= 4 is 44.9 Å². The van der Waals surface area contributed by atoms with Crippen LogP contribution < -0.4 is 21.3 Å². The zero-order valence-electron chi connectivity index (χ0n) is 21.6. The van der Waals surface area contributed by atoms with E-state index in [1.54, 1.807) is 21.6 Å². The van der Waals surface area contributed by atoms with Gasteiger partial charge < -0.3 is 21.3 Å². The van der Waals surface area contributed by atoms with E-state index in [0.717, 1.165) is 33.1 Å². The Morgan fingerprint density at radius 1 is 0.588 bits per heavy atom. The lowest BCUT2D eigenvalue weighted by molar-refractivity contribution is 0.717. The summed E-state index contributed by atoms with van der Waals surface area (Å²) >= 11 is 0. The molecule has 2 aromatic carbocycles. The van der Waals surface area contributed by atoms with Crippen molar-refractivity contribution in [1.82, 2.24) is 10.6 Å². The summed E-state index contributed by atoms with van der Waals surface area (Å²) in [6.07, 6.45) is 0. The number of nitrogens with zero attached hydrogens (tertiary/aromatic N) is 2. The fourth-order valence-electron chi connectivity index (χ4n) is 2.90. The van der Waals surface area contributed by atoms with Crippen molar-refractivity contribution in [2.75, 3.05) is 10.6 Å². The summed E-state index contributed by atoms with van der Waals surface area (Å²) in [5.41, 5.74) is 2.06. The molecule has 8 heteroatoms. The Morgan fingerprint density at radius 2 is 0.941 bits per heavy atom. The van der Waals surface area contributed by atoms with E-state index < -0.39 is 0 Å². The van der Waals surface area contributed by atoms with Gasteiger partial charge in [-0.2, -0.15) is 0 Å². The molecule has 0 aliphatic rings. The minimum atomic E-state index is 0.196. The van der Waals surface area contributed by atoms with Gasteiger partial charge >= 0.3 is 0 Å². The third kappa shape index (κ3) is 10.3. The number of aliphatic imine (C=N–C) groups is 2. The third-order valence-electron chi connectivity index (χ3n) is 4.13. The fraction of sp³-hybridized carbons (Fsp3) is 0.462. The maximum atomic E-state index is 4.71. The van der Waals surface area contributed by atoms with Gasteiger partial charge in [0.15, 0.2) is 11.9 Å². The summed E-state index contributed by atoms with van der Waals surface area (Å²) in [6.45, 7) is 16.8. The van der Waals surface area contributed by atoms with Crippen molar-refractivity contribution in [3.63, 3.8) is 0 Å². The van der Waals surface area contributed by atoms with Crippen LogP contribution in [0.4, 0.5) is 11.4 Å². The number of benzene rings is 2. The SMILES string of the molecule is CC(C)N=C(Nc1ccccc1SSc1ccccc1NC(=NC(C)C)NC(C)C)NC(C)C. The average Bonchev–Trinajstić information content (AvgIpc) is 2.72. The Bertz CT molecular complexity index is 876. The van der Waals surface area contributed by atoms with E-state index in [1.807, 2.05) is 12.1 Å². The quantitative estimate of drug-likeness (QED) is 0.172. The molecule has 4 N–H and O–H groups in total. The molecule has 0 bridgehead atoms. The summed E-state index contributed by atoms with van der Waals surface area (Å²) in [6, 6.07) is 17.6. The second kappa shape index (κ2) is 14.2. The minimum absolute atomic E-state index is 0.196. The molecule has 34 heavy (non-hydrogen) atoms. The minimum Gasteiger partial charge on any atom is -0.354 e. The van der Waals surface area contributed by atoms with Crippen LogP contribution in [0.1, 0.15) is 55.4 Å². The number of hydrogen-bond donors (Lipinski definition) is 4. The summed E-state index contributed by atoms with van der Waals surface area (Å²) in [5.74, 6) is 1.58. The van der Waals surface area contributed by atoms with Gasteiger partial charge in [0, 0.05) is 34.0 Å². The normalized spacial score (nSPS) is 12.6. The van der Waals surface area contributed by atoms with Crippen LogP contribution in [0.25, 0.3) is 0 Å². The van der Waals surface area contributed by atoms with Gasteiger partial charge in [-0.1, -0.05) is 45.9 Å². The van der Waals surface area contributed by atoms with Gasteiger partial charge in [0.05, 0.1) is 11.4 Å². The fourth-order valence-corrected chi connectivity index (χ4v) is 5.18. The van der Waals surface area contributed by atoms with Crippen LogP contribution in [-0.4, -0.2) is 36.1 Å². The van der Waals surface area contributed by atoms with E-state index in [-0.39, 0.29) is 12.1 Å². The predicted octanol–water partition coefficient (Wildman–Crippen LogP) is 6.83. The zero-order valence-corrected chi connectivity index (χ0v) is 23.3. The van der Waals surface area contributed by atoms with Crippen molar-refractivity contribution in [1.29, 1.82) is 0 Å². The van der Waals surface area contributed by atoms with E-state index in [0.29, 0.717) is 12.1 Å². The number of hydrogen-bond acceptors (Lipinski definition) is 4. The molecule has 0 heterocycles. The summed E-state index contributed by atoms with van der Waals surface area (Å²) in [7, 11) is 3.44. The van der Waals surface area contributed by atoms with Crippen molar-refractivity contribution in [3.05, 3.63) is 48.5 Å². The van der Waals surface area contributed by atoms with Crippen molar-refractivity contribution < 1.29 is 0 Å². The molecular weight excluding hydrogens is 460 g/mol. The first kappa shape index (κ1) is 27.9. The van der Waals surface area contributed by atoms with Gasteiger partial charge in [0.1, 0.15) is 0 Å². The smallest absolute Gasteiger partial charge is 0.196 e. The van der Waals surface area contributed by atoms with E-state index in [2.05, 4.69) is 113 Å². The molecular formula is C26H40N6S2. The summed E-state index contributed by atoms with van der Waals surface area (Å²) in [4.78, 5) is 11.7. The molecule has 2 aromatic rings. The van der Waals surface area contributed by atoms with Gasteiger partial charge in [-0.15, -0.1) is 0 Å². The van der Waals surface area contributed by atoms with Gasteiger partial charge in [-0.05, 0) is 79.7 Å². The maximum Gasteiger partial charge on any atom is 0.196 e. The molecule has 0 fully saturated rings. The molecule has 0 aliphatic heterocycles. The molecule has 0 spiro atoms. The molecule has 0 saturated heterocycles. The van der Waals surface area contributed by atoms with Crippen LogP contribution in [0.3, 0.4) is 0 Å². The van der Waals surface area contributed by atoms with Gasteiger partial charge in [-0.25, -0.2) is 0 Å². The first-order chi connectivity index (χ1) is 16.1. The van der Waals surface area contributed by atoms with E-state index in [1.165, 1.54) is 0 Å². The molecule has 0 atom stereocenters. The lowest BCUT2D eigenvalue weighted by Gasteiger charge is -2.19. The lowest BCUT2D eigenvalue weighted by atomic mass is 10.3. The largest absolute Gasteiger partial charge is 0.354 e. The number of para-hydroxylation sites is 2. The number of guanidine groups is 2. The monoisotopic (exact) mass is 500 g/mol. The molecule has 0 radical (unpaired) electrons. The van der Waals surface area contributed by atoms with Crippen LogP contribution in [0, 0.1) is 0 Å². The molecule has 0 aromatic heterocycles. The Kier molecular flexibility index (Phi) is 11.6. The Hall–Kier alpha value is -2.32. The number of nitrogens with one attached hydrogen (secondary N) is 4. The van der Waals surface area contributed by atoms with E-state index in [4.69, 9.17) is 9.98 Å². The molecule has 2 rings (SSSR count). The predicted molar refractivity (Wildman–Crippen MR) is 154 cm³/mol. The first-order valence-corrected chi connectivity index (χ1v) is 14.0. The van der Waals surface area contributed by atoms with Crippen LogP contribution in [0.2, 0.25) is 0 Å². The second-order valence-electron chi connectivity index (χ2n) is 9.15. The van der Waals surface area contributed by atoms with Crippen molar-refractivity contribution in [3.8, 4) is 0 Å². The highest BCUT2D eigenvalue weighted by Gasteiger charge is 2.12. The van der Waals surface area contributed by atoms with Crippen molar-refractivity contribution in [2.45, 2.75) is 89.3 Å². The van der Waals surface area contributed by atoms with Gasteiger partial charge in [0.2, 0.25) is 0 Å². The number of rotatable bonds is 9. The van der Waals surface area contributed by atoms with Gasteiger partial charge in [0.25, 0.3) is 0 Å². The highest BCUT2D eigenvalue weighted by atomic mass is 33.1. The highest BCUT2D eigenvalue weighted by Crippen LogP contribution is 2.43. The average molecular weight is 501 g/mol. The Balaban J connectivity index is 2.21. The molecule has 0 aliphatic carbocycles. The molecule has 0 saturated carbocycles. The maximum absolute atomic E-state index is 4.71. The highest BCUT2D eigenvalue weighted by molar-refractivity contribution is 8.76. The first-order valence-electron chi connectivity index (χ1n) is 11.9. The summed E-state index contributed by atoms with van der Waals surface area (Å²) < 4.78 is 0. The van der Waals surface area contributed by atoms with Crippen molar-refractivity contribution in [2.24, 2.45) is 9.98 Å². The molecule has 186 valence electrons. The van der Waals surface area contributed by atoms with Crippen LogP contribution in [0.5, 0.6) is 0 Å². The van der Waals surface area contributed by atoms with Crippen LogP contribution >= 0.6 is 21.6 Å². The zero-order chi connectivity index (χ0) is 25.1. The van der Waals surface area contributed by atoms with Crippen LogP contribution in [-0.2, 0) is 0 Å². The molecule has 0 unspecified atom stereocenters. The Labute approximate surface area is 213 Å². The number of anilines is 2. The second-order valence-corrected chi connectivity index (χ2v) is 11.4. The summed E-state index contributed by atoms with van der Waals surface area (Å²) in [5, 5.41) is 13.8. The third-order valence-corrected chi connectivity index (χ3v) is 6.61. The van der Waals surface area contributed by atoms with Gasteiger partial charge in [-0.3, -0.25) is 9.98 Å². The Morgan fingerprint density at radius 3 is 1.26 bits per heavy atom. The molecule has 0 amide bonds. The lowest BCUT2D eigenvalue weighted by Crippen LogP contribution is -2.36. The van der Waals surface area contributed by atoms with E-state index in [9.17, 15) is 0 Å². The topological polar surface area (TPSA) is 72.8 Å².